The van der Waals surface area contributed by atoms with Crippen LogP contribution < -0.4 is 5.32 Å². The Morgan fingerprint density at radius 2 is 1.44 bits per heavy atom. The highest BCUT2D eigenvalue weighted by molar-refractivity contribution is 4.81. The SMILES string of the molecule is CCCO[C@H]1CC[C@H](NC2CCCCCC2)CC1. The topological polar surface area (TPSA) is 21.3 Å². The molecule has 0 atom stereocenters. The van der Waals surface area contributed by atoms with Gasteiger partial charge in [-0.3, -0.25) is 0 Å². The zero-order chi connectivity index (χ0) is 12.6. The second kappa shape index (κ2) is 8.16. The summed E-state index contributed by atoms with van der Waals surface area (Å²) in [5.74, 6) is 0. The highest BCUT2D eigenvalue weighted by atomic mass is 16.5. The molecule has 1 N–H and O–H groups in total. The lowest BCUT2D eigenvalue weighted by Gasteiger charge is -2.32. The van der Waals surface area contributed by atoms with Gasteiger partial charge in [-0.05, 0) is 44.9 Å². The van der Waals surface area contributed by atoms with Crippen LogP contribution in [-0.2, 0) is 4.74 Å². The lowest BCUT2D eigenvalue weighted by atomic mass is 9.91. The molecule has 2 saturated carbocycles. The van der Waals surface area contributed by atoms with Crippen LogP contribution >= 0.6 is 0 Å². The Hall–Kier alpha value is -0.0800. The molecule has 0 aromatic rings. The third-order valence-corrected chi connectivity index (χ3v) is 4.56. The van der Waals surface area contributed by atoms with Crippen LogP contribution in [0, 0.1) is 0 Å². The second-order valence-corrected chi connectivity index (χ2v) is 6.20. The number of hydrogen-bond acceptors (Lipinski definition) is 2. The normalized spacial score (nSPS) is 31.2. The molecule has 0 radical (unpaired) electrons. The zero-order valence-electron chi connectivity index (χ0n) is 12.1. The van der Waals surface area contributed by atoms with Gasteiger partial charge in [0.1, 0.15) is 0 Å². The fraction of sp³-hybridized carbons (Fsp3) is 1.00. The highest BCUT2D eigenvalue weighted by Gasteiger charge is 2.23. The maximum atomic E-state index is 5.86. The molecule has 0 saturated heterocycles. The van der Waals surface area contributed by atoms with Gasteiger partial charge in [0.05, 0.1) is 6.10 Å². The number of ether oxygens (including phenoxy) is 1. The van der Waals surface area contributed by atoms with Crippen molar-refractivity contribution in [1.82, 2.24) is 5.32 Å². The van der Waals surface area contributed by atoms with E-state index in [1.165, 1.54) is 64.2 Å². The summed E-state index contributed by atoms with van der Waals surface area (Å²) in [7, 11) is 0. The van der Waals surface area contributed by atoms with E-state index in [2.05, 4.69) is 12.2 Å². The van der Waals surface area contributed by atoms with Gasteiger partial charge in [0.2, 0.25) is 0 Å². The second-order valence-electron chi connectivity index (χ2n) is 6.20. The minimum atomic E-state index is 0.553. The summed E-state index contributed by atoms with van der Waals surface area (Å²) in [6.07, 6.45) is 15.5. The first-order valence-electron chi connectivity index (χ1n) is 8.26. The molecule has 0 aromatic carbocycles. The predicted molar refractivity (Wildman–Crippen MR) is 76.9 cm³/mol. The van der Waals surface area contributed by atoms with E-state index >= 15 is 0 Å². The van der Waals surface area contributed by atoms with Gasteiger partial charge in [0, 0.05) is 18.7 Å². The van der Waals surface area contributed by atoms with Crippen molar-refractivity contribution in [3.8, 4) is 0 Å². The third kappa shape index (κ3) is 4.89. The maximum Gasteiger partial charge on any atom is 0.0576 e. The van der Waals surface area contributed by atoms with Crippen LogP contribution in [0.3, 0.4) is 0 Å². The quantitative estimate of drug-likeness (QED) is 0.747. The van der Waals surface area contributed by atoms with Gasteiger partial charge in [-0.15, -0.1) is 0 Å². The lowest BCUT2D eigenvalue weighted by Crippen LogP contribution is -2.41. The Balaban J connectivity index is 1.63. The molecule has 2 rings (SSSR count). The van der Waals surface area contributed by atoms with Gasteiger partial charge < -0.3 is 10.1 Å². The minimum absolute atomic E-state index is 0.553. The summed E-state index contributed by atoms with van der Waals surface area (Å²) in [4.78, 5) is 0. The fourth-order valence-corrected chi connectivity index (χ4v) is 3.46. The van der Waals surface area contributed by atoms with E-state index in [1.54, 1.807) is 0 Å². The van der Waals surface area contributed by atoms with Crippen molar-refractivity contribution in [3.63, 3.8) is 0 Å². The van der Waals surface area contributed by atoms with Crippen LogP contribution in [-0.4, -0.2) is 24.8 Å². The van der Waals surface area contributed by atoms with Crippen molar-refractivity contribution in [2.75, 3.05) is 6.61 Å². The highest BCUT2D eigenvalue weighted by Crippen LogP contribution is 2.24. The van der Waals surface area contributed by atoms with Gasteiger partial charge in [-0.2, -0.15) is 0 Å². The Labute approximate surface area is 113 Å². The smallest absolute Gasteiger partial charge is 0.0576 e. The van der Waals surface area contributed by atoms with E-state index < -0.39 is 0 Å². The van der Waals surface area contributed by atoms with E-state index in [4.69, 9.17) is 4.74 Å². The Morgan fingerprint density at radius 3 is 2.06 bits per heavy atom. The molecular formula is C16H31NO. The molecule has 2 aliphatic rings. The van der Waals surface area contributed by atoms with E-state index in [9.17, 15) is 0 Å². The first-order chi connectivity index (χ1) is 8.88. The van der Waals surface area contributed by atoms with Crippen molar-refractivity contribution < 1.29 is 4.74 Å². The van der Waals surface area contributed by atoms with E-state index in [0.717, 1.165) is 25.1 Å². The summed E-state index contributed by atoms with van der Waals surface area (Å²) < 4.78 is 5.86. The molecule has 2 nitrogen and oxygen atoms in total. The minimum Gasteiger partial charge on any atom is -0.378 e. The molecule has 0 amide bonds. The maximum absolute atomic E-state index is 5.86. The molecule has 106 valence electrons. The molecule has 0 spiro atoms. The Morgan fingerprint density at radius 1 is 0.833 bits per heavy atom. The largest absolute Gasteiger partial charge is 0.378 e. The summed E-state index contributed by atoms with van der Waals surface area (Å²) in [5, 5.41) is 3.92. The molecule has 18 heavy (non-hydrogen) atoms. The molecule has 2 aliphatic carbocycles. The van der Waals surface area contributed by atoms with Crippen LogP contribution in [0.1, 0.15) is 77.6 Å². The molecule has 0 aromatic heterocycles. The van der Waals surface area contributed by atoms with Gasteiger partial charge >= 0.3 is 0 Å². The summed E-state index contributed by atoms with van der Waals surface area (Å²) in [5.41, 5.74) is 0. The molecular weight excluding hydrogens is 222 g/mol. The average Bonchev–Trinajstić information content (AvgIpc) is 2.67. The van der Waals surface area contributed by atoms with Gasteiger partial charge in [0.15, 0.2) is 0 Å². The van der Waals surface area contributed by atoms with Gasteiger partial charge in [-0.25, -0.2) is 0 Å². The van der Waals surface area contributed by atoms with Crippen LogP contribution in [0.15, 0.2) is 0 Å². The average molecular weight is 253 g/mol. The molecule has 0 bridgehead atoms. The predicted octanol–water partition coefficient (Wildman–Crippen LogP) is 4.04. The number of hydrogen-bond donors (Lipinski definition) is 1. The standard InChI is InChI=1S/C16H31NO/c1-2-13-18-16-11-9-15(10-12-16)17-14-7-5-3-4-6-8-14/h14-17H,2-13H2,1H3/t15-,16-. The molecule has 0 heterocycles. The first-order valence-corrected chi connectivity index (χ1v) is 8.26. The van der Waals surface area contributed by atoms with Crippen LogP contribution in [0.5, 0.6) is 0 Å². The van der Waals surface area contributed by atoms with Gasteiger partial charge in [0.25, 0.3) is 0 Å². The number of nitrogens with one attached hydrogen (secondary N) is 1. The van der Waals surface area contributed by atoms with E-state index in [0.29, 0.717) is 6.10 Å². The Bertz CT molecular complexity index is 203. The van der Waals surface area contributed by atoms with E-state index in [-0.39, 0.29) is 0 Å². The summed E-state index contributed by atoms with van der Waals surface area (Å²) in [6, 6.07) is 1.58. The molecule has 0 unspecified atom stereocenters. The van der Waals surface area contributed by atoms with Crippen molar-refractivity contribution in [2.45, 2.75) is 95.7 Å². The summed E-state index contributed by atoms with van der Waals surface area (Å²) >= 11 is 0. The summed E-state index contributed by atoms with van der Waals surface area (Å²) in [6.45, 7) is 3.14. The van der Waals surface area contributed by atoms with Crippen molar-refractivity contribution in [3.05, 3.63) is 0 Å². The van der Waals surface area contributed by atoms with Crippen LogP contribution in [0.4, 0.5) is 0 Å². The monoisotopic (exact) mass is 253 g/mol. The van der Waals surface area contributed by atoms with Gasteiger partial charge in [-0.1, -0.05) is 32.6 Å². The lowest BCUT2D eigenvalue weighted by molar-refractivity contribution is 0.0218. The molecule has 2 heteroatoms. The van der Waals surface area contributed by atoms with Crippen molar-refractivity contribution in [1.29, 1.82) is 0 Å². The zero-order valence-corrected chi connectivity index (χ0v) is 12.1. The fourth-order valence-electron chi connectivity index (χ4n) is 3.46. The third-order valence-electron chi connectivity index (χ3n) is 4.56. The van der Waals surface area contributed by atoms with E-state index in [1.807, 2.05) is 0 Å². The number of rotatable bonds is 5. The van der Waals surface area contributed by atoms with Crippen LogP contribution in [0.2, 0.25) is 0 Å². The Kier molecular flexibility index (Phi) is 6.50. The van der Waals surface area contributed by atoms with Crippen LogP contribution in [0.25, 0.3) is 0 Å². The van der Waals surface area contributed by atoms with Crippen molar-refractivity contribution >= 4 is 0 Å². The van der Waals surface area contributed by atoms with Crippen molar-refractivity contribution in [2.24, 2.45) is 0 Å². The molecule has 2 fully saturated rings. The molecule has 0 aliphatic heterocycles. The first kappa shape index (κ1) is 14.3.